The standard InChI is InChI=1S/C15H20ClNO2S/c1-11-6-8-17(10-13(11)18)15(19)7-9-20-14-5-3-2-4-12(14)16/h2-5,11,13,18H,6-10H2,1H3. The lowest BCUT2D eigenvalue weighted by molar-refractivity contribution is -0.134. The highest BCUT2D eigenvalue weighted by Crippen LogP contribution is 2.27. The van der Waals surface area contributed by atoms with Crippen molar-refractivity contribution in [3.05, 3.63) is 29.3 Å². The highest BCUT2D eigenvalue weighted by atomic mass is 35.5. The second-order valence-electron chi connectivity index (χ2n) is 5.20. The van der Waals surface area contributed by atoms with E-state index in [1.54, 1.807) is 16.7 Å². The third kappa shape index (κ3) is 4.14. The summed E-state index contributed by atoms with van der Waals surface area (Å²) in [5.41, 5.74) is 0. The summed E-state index contributed by atoms with van der Waals surface area (Å²) in [4.78, 5) is 14.9. The van der Waals surface area contributed by atoms with Crippen LogP contribution >= 0.6 is 23.4 Å². The average Bonchev–Trinajstić information content (AvgIpc) is 2.44. The van der Waals surface area contributed by atoms with E-state index in [0.717, 1.165) is 22.9 Å². The molecular weight excluding hydrogens is 294 g/mol. The van der Waals surface area contributed by atoms with Crippen LogP contribution in [0.3, 0.4) is 0 Å². The summed E-state index contributed by atoms with van der Waals surface area (Å²) >= 11 is 7.67. The van der Waals surface area contributed by atoms with E-state index in [9.17, 15) is 9.90 Å². The number of carbonyl (C=O) groups excluding carboxylic acids is 1. The van der Waals surface area contributed by atoms with Crippen LogP contribution in [-0.2, 0) is 4.79 Å². The number of thioether (sulfide) groups is 1. The number of amides is 1. The maximum absolute atomic E-state index is 12.1. The van der Waals surface area contributed by atoms with Crippen molar-refractivity contribution in [1.29, 1.82) is 0 Å². The summed E-state index contributed by atoms with van der Waals surface area (Å²) in [6.45, 7) is 3.25. The molecule has 1 saturated heterocycles. The van der Waals surface area contributed by atoms with Gasteiger partial charge in [-0.1, -0.05) is 30.7 Å². The first kappa shape index (κ1) is 15.7. The van der Waals surface area contributed by atoms with Crippen LogP contribution in [0.25, 0.3) is 0 Å². The molecule has 0 radical (unpaired) electrons. The molecule has 3 nitrogen and oxygen atoms in total. The Bertz CT molecular complexity index is 469. The van der Waals surface area contributed by atoms with Crippen molar-refractivity contribution >= 4 is 29.3 Å². The molecule has 0 saturated carbocycles. The Hall–Kier alpha value is -0.710. The van der Waals surface area contributed by atoms with Crippen molar-refractivity contribution < 1.29 is 9.90 Å². The van der Waals surface area contributed by atoms with E-state index in [1.165, 1.54) is 0 Å². The number of benzene rings is 1. The number of likely N-dealkylation sites (tertiary alicyclic amines) is 1. The lowest BCUT2D eigenvalue weighted by Gasteiger charge is -2.34. The molecule has 1 heterocycles. The molecule has 1 aliphatic heterocycles. The summed E-state index contributed by atoms with van der Waals surface area (Å²) in [5, 5.41) is 10.5. The second-order valence-corrected chi connectivity index (χ2v) is 6.75. The van der Waals surface area contributed by atoms with Gasteiger partial charge in [0.05, 0.1) is 11.1 Å². The second kappa shape index (κ2) is 7.34. The van der Waals surface area contributed by atoms with E-state index >= 15 is 0 Å². The molecule has 2 unspecified atom stereocenters. The normalized spacial score (nSPS) is 22.9. The molecule has 1 amide bonds. The van der Waals surface area contributed by atoms with Crippen molar-refractivity contribution in [2.45, 2.75) is 30.8 Å². The van der Waals surface area contributed by atoms with Crippen molar-refractivity contribution in [2.75, 3.05) is 18.8 Å². The summed E-state index contributed by atoms with van der Waals surface area (Å²) in [6, 6.07) is 7.66. The SMILES string of the molecule is CC1CCN(C(=O)CCSc2ccccc2Cl)CC1O. The van der Waals surface area contributed by atoms with E-state index in [-0.39, 0.29) is 17.9 Å². The Kier molecular flexibility index (Phi) is 5.75. The fraction of sp³-hybridized carbons (Fsp3) is 0.533. The van der Waals surface area contributed by atoms with E-state index in [2.05, 4.69) is 0 Å². The van der Waals surface area contributed by atoms with E-state index in [0.29, 0.717) is 18.7 Å². The van der Waals surface area contributed by atoms with E-state index in [4.69, 9.17) is 11.6 Å². The van der Waals surface area contributed by atoms with E-state index < -0.39 is 0 Å². The maximum Gasteiger partial charge on any atom is 0.223 e. The Balaban J connectivity index is 1.77. The van der Waals surface area contributed by atoms with Gasteiger partial charge in [0.25, 0.3) is 0 Å². The third-order valence-electron chi connectivity index (χ3n) is 3.68. The molecule has 20 heavy (non-hydrogen) atoms. The van der Waals surface area contributed by atoms with Crippen LogP contribution in [0.2, 0.25) is 5.02 Å². The molecule has 0 aliphatic carbocycles. The van der Waals surface area contributed by atoms with Gasteiger partial charge in [0, 0.05) is 30.2 Å². The predicted molar refractivity (Wildman–Crippen MR) is 83.2 cm³/mol. The Morgan fingerprint density at radius 3 is 2.95 bits per heavy atom. The van der Waals surface area contributed by atoms with Gasteiger partial charge < -0.3 is 10.0 Å². The smallest absolute Gasteiger partial charge is 0.223 e. The molecule has 2 rings (SSSR count). The van der Waals surface area contributed by atoms with Crippen LogP contribution in [0.1, 0.15) is 19.8 Å². The minimum Gasteiger partial charge on any atom is -0.391 e. The molecule has 1 aliphatic rings. The van der Waals surface area contributed by atoms with Crippen LogP contribution in [0.5, 0.6) is 0 Å². The minimum atomic E-state index is -0.385. The lowest BCUT2D eigenvalue weighted by atomic mass is 9.96. The number of nitrogens with zero attached hydrogens (tertiary/aromatic N) is 1. The summed E-state index contributed by atoms with van der Waals surface area (Å²) in [7, 11) is 0. The van der Waals surface area contributed by atoms with Gasteiger partial charge in [-0.3, -0.25) is 4.79 Å². The molecule has 1 aromatic rings. The number of rotatable bonds is 4. The largest absolute Gasteiger partial charge is 0.391 e. The Labute approximate surface area is 129 Å². The number of β-amino-alcohol motifs (C(OH)–C–C–N with tert-alkyl or cyclic N) is 1. The molecule has 1 N–H and O–H groups in total. The van der Waals surface area contributed by atoms with Crippen LogP contribution < -0.4 is 0 Å². The lowest BCUT2D eigenvalue weighted by Crippen LogP contribution is -2.45. The molecule has 1 fully saturated rings. The first-order valence-electron chi connectivity index (χ1n) is 6.91. The topological polar surface area (TPSA) is 40.5 Å². The highest BCUT2D eigenvalue weighted by Gasteiger charge is 2.26. The monoisotopic (exact) mass is 313 g/mol. The van der Waals surface area contributed by atoms with Crippen LogP contribution in [0.4, 0.5) is 0 Å². The molecule has 0 spiro atoms. The molecule has 0 bridgehead atoms. The van der Waals surface area contributed by atoms with Crippen LogP contribution in [0, 0.1) is 5.92 Å². The van der Waals surface area contributed by atoms with Crippen molar-refractivity contribution in [1.82, 2.24) is 4.90 Å². The first-order chi connectivity index (χ1) is 9.58. The van der Waals surface area contributed by atoms with Gasteiger partial charge in [-0.25, -0.2) is 0 Å². The summed E-state index contributed by atoms with van der Waals surface area (Å²) < 4.78 is 0. The van der Waals surface area contributed by atoms with Crippen molar-refractivity contribution in [2.24, 2.45) is 5.92 Å². The van der Waals surface area contributed by atoms with Crippen molar-refractivity contribution in [3.8, 4) is 0 Å². The first-order valence-corrected chi connectivity index (χ1v) is 8.27. The Morgan fingerprint density at radius 2 is 2.25 bits per heavy atom. The van der Waals surface area contributed by atoms with Crippen molar-refractivity contribution in [3.63, 3.8) is 0 Å². The predicted octanol–water partition coefficient (Wildman–Crippen LogP) is 3.05. The number of halogens is 1. The third-order valence-corrected chi connectivity index (χ3v) is 5.20. The fourth-order valence-corrected chi connectivity index (χ4v) is 3.42. The van der Waals surface area contributed by atoms with Gasteiger partial charge in [-0.05, 0) is 24.5 Å². The zero-order chi connectivity index (χ0) is 14.5. The van der Waals surface area contributed by atoms with Gasteiger partial charge in [-0.15, -0.1) is 11.8 Å². The maximum atomic E-state index is 12.1. The average molecular weight is 314 g/mol. The number of piperidine rings is 1. The zero-order valence-electron chi connectivity index (χ0n) is 11.6. The number of hydrogen-bond acceptors (Lipinski definition) is 3. The zero-order valence-corrected chi connectivity index (χ0v) is 13.2. The van der Waals surface area contributed by atoms with E-state index in [1.807, 2.05) is 31.2 Å². The molecular formula is C15H20ClNO2S. The van der Waals surface area contributed by atoms with Crippen LogP contribution in [-0.4, -0.2) is 40.9 Å². The van der Waals surface area contributed by atoms with Gasteiger partial charge in [0.15, 0.2) is 0 Å². The summed E-state index contributed by atoms with van der Waals surface area (Å²) in [6.07, 6.45) is 0.977. The van der Waals surface area contributed by atoms with Gasteiger partial charge in [0.2, 0.25) is 5.91 Å². The molecule has 2 atom stereocenters. The van der Waals surface area contributed by atoms with Gasteiger partial charge >= 0.3 is 0 Å². The molecule has 5 heteroatoms. The van der Waals surface area contributed by atoms with Gasteiger partial charge in [0.1, 0.15) is 0 Å². The number of aliphatic hydroxyl groups is 1. The minimum absolute atomic E-state index is 0.121. The summed E-state index contributed by atoms with van der Waals surface area (Å²) in [5.74, 6) is 1.12. The highest BCUT2D eigenvalue weighted by molar-refractivity contribution is 7.99. The number of carbonyl (C=O) groups is 1. The van der Waals surface area contributed by atoms with Crippen LogP contribution in [0.15, 0.2) is 29.2 Å². The quantitative estimate of drug-likeness (QED) is 0.869. The molecule has 1 aromatic carbocycles. The van der Waals surface area contributed by atoms with Gasteiger partial charge in [-0.2, -0.15) is 0 Å². The molecule has 0 aromatic heterocycles. The Morgan fingerprint density at radius 1 is 1.50 bits per heavy atom. The number of aliphatic hydroxyl groups excluding tert-OH is 1. The number of hydrogen-bond donors (Lipinski definition) is 1. The fourth-order valence-electron chi connectivity index (χ4n) is 2.24. The molecule has 110 valence electrons.